The largest absolute Gasteiger partial charge is 0.394 e. The standard InChI is InChI=1S/C11H18N4O3S/c1-3-12-11-14-13-9(19-11)10(17)15-4-7(2)18-8(5-15)6-16/h7-8,16H,3-6H2,1-2H3,(H,12,14). The van der Waals surface area contributed by atoms with Crippen LogP contribution in [0.3, 0.4) is 0 Å². The second-order valence-corrected chi connectivity index (χ2v) is 5.38. The molecule has 1 fully saturated rings. The Kier molecular flexibility index (Phi) is 4.67. The van der Waals surface area contributed by atoms with Crippen molar-refractivity contribution in [3.63, 3.8) is 0 Å². The van der Waals surface area contributed by atoms with Gasteiger partial charge in [0.1, 0.15) is 0 Å². The highest BCUT2D eigenvalue weighted by Gasteiger charge is 2.30. The number of hydrogen-bond donors (Lipinski definition) is 2. The highest BCUT2D eigenvalue weighted by atomic mass is 32.1. The Bertz CT molecular complexity index is 439. The van der Waals surface area contributed by atoms with Crippen LogP contribution in [0.2, 0.25) is 0 Å². The first-order valence-electron chi connectivity index (χ1n) is 6.27. The normalized spacial score (nSPS) is 23.4. The number of nitrogens with zero attached hydrogens (tertiary/aromatic N) is 3. The van der Waals surface area contributed by atoms with Crippen LogP contribution < -0.4 is 5.32 Å². The maximum absolute atomic E-state index is 12.3. The number of aliphatic hydroxyl groups is 1. The minimum atomic E-state index is -0.325. The Labute approximate surface area is 115 Å². The lowest BCUT2D eigenvalue weighted by molar-refractivity contribution is -0.0858. The molecule has 1 aromatic heterocycles. The Morgan fingerprint density at radius 1 is 1.58 bits per heavy atom. The van der Waals surface area contributed by atoms with E-state index in [1.165, 1.54) is 11.3 Å². The Morgan fingerprint density at radius 3 is 3.05 bits per heavy atom. The molecular weight excluding hydrogens is 268 g/mol. The molecule has 2 atom stereocenters. The van der Waals surface area contributed by atoms with Crippen LogP contribution >= 0.6 is 11.3 Å². The Balaban J connectivity index is 2.05. The summed E-state index contributed by atoms with van der Waals surface area (Å²) < 4.78 is 5.51. The van der Waals surface area contributed by atoms with E-state index in [1.807, 2.05) is 13.8 Å². The highest BCUT2D eigenvalue weighted by Crippen LogP contribution is 2.19. The fourth-order valence-electron chi connectivity index (χ4n) is 1.98. The highest BCUT2D eigenvalue weighted by molar-refractivity contribution is 7.17. The summed E-state index contributed by atoms with van der Waals surface area (Å²) >= 11 is 1.24. The van der Waals surface area contributed by atoms with Crippen LogP contribution in [0.1, 0.15) is 23.6 Å². The summed E-state index contributed by atoms with van der Waals surface area (Å²) in [5.41, 5.74) is 0. The van der Waals surface area contributed by atoms with Crippen LogP contribution in [0.25, 0.3) is 0 Å². The van der Waals surface area contributed by atoms with E-state index in [0.717, 1.165) is 6.54 Å². The van der Waals surface area contributed by atoms with E-state index >= 15 is 0 Å². The van der Waals surface area contributed by atoms with Crippen molar-refractivity contribution in [3.8, 4) is 0 Å². The molecule has 0 aromatic carbocycles. The molecule has 1 aliphatic rings. The summed E-state index contributed by atoms with van der Waals surface area (Å²) in [6.45, 7) is 5.38. The van der Waals surface area contributed by atoms with Crippen LogP contribution in [0.5, 0.6) is 0 Å². The van der Waals surface area contributed by atoms with Crippen molar-refractivity contribution in [3.05, 3.63) is 5.01 Å². The molecule has 1 aromatic rings. The molecule has 0 spiro atoms. The number of aliphatic hydroxyl groups excluding tert-OH is 1. The van der Waals surface area contributed by atoms with Gasteiger partial charge in [-0.15, -0.1) is 10.2 Å². The van der Waals surface area contributed by atoms with Crippen molar-refractivity contribution in [2.75, 3.05) is 31.6 Å². The number of amides is 1. The average Bonchev–Trinajstić information content (AvgIpc) is 2.86. The van der Waals surface area contributed by atoms with Crippen LogP contribution in [0.15, 0.2) is 0 Å². The van der Waals surface area contributed by atoms with E-state index in [-0.39, 0.29) is 24.7 Å². The van der Waals surface area contributed by atoms with Crippen molar-refractivity contribution in [1.82, 2.24) is 15.1 Å². The number of rotatable bonds is 4. The van der Waals surface area contributed by atoms with Crippen LogP contribution in [0, 0.1) is 0 Å². The Morgan fingerprint density at radius 2 is 2.37 bits per heavy atom. The van der Waals surface area contributed by atoms with Gasteiger partial charge in [-0.2, -0.15) is 0 Å². The van der Waals surface area contributed by atoms with Crippen molar-refractivity contribution in [1.29, 1.82) is 0 Å². The summed E-state index contributed by atoms with van der Waals surface area (Å²) in [5.74, 6) is -0.157. The molecule has 0 radical (unpaired) electrons. The molecule has 0 aliphatic carbocycles. The van der Waals surface area contributed by atoms with Gasteiger partial charge in [0.15, 0.2) is 0 Å². The molecule has 8 heteroatoms. The minimum Gasteiger partial charge on any atom is -0.394 e. The van der Waals surface area contributed by atoms with Gasteiger partial charge in [-0.1, -0.05) is 11.3 Å². The number of nitrogens with one attached hydrogen (secondary N) is 1. The van der Waals surface area contributed by atoms with E-state index in [2.05, 4.69) is 15.5 Å². The predicted molar refractivity (Wildman–Crippen MR) is 71.4 cm³/mol. The number of carbonyl (C=O) groups is 1. The molecule has 1 saturated heterocycles. The lowest BCUT2D eigenvalue weighted by Crippen LogP contribution is -2.50. The molecule has 2 rings (SSSR count). The van der Waals surface area contributed by atoms with Crippen molar-refractivity contribution >= 4 is 22.4 Å². The van der Waals surface area contributed by atoms with Crippen molar-refractivity contribution in [2.24, 2.45) is 0 Å². The van der Waals surface area contributed by atoms with Crippen LogP contribution in [-0.2, 0) is 4.74 Å². The van der Waals surface area contributed by atoms with Crippen LogP contribution in [-0.4, -0.2) is 64.6 Å². The van der Waals surface area contributed by atoms with Crippen molar-refractivity contribution < 1.29 is 14.6 Å². The van der Waals surface area contributed by atoms with E-state index < -0.39 is 0 Å². The lowest BCUT2D eigenvalue weighted by atomic mass is 10.2. The average molecular weight is 286 g/mol. The first kappa shape index (κ1) is 14.2. The van der Waals surface area contributed by atoms with Gasteiger partial charge in [-0.25, -0.2) is 0 Å². The maximum atomic E-state index is 12.3. The smallest absolute Gasteiger partial charge is 0.285 e. The summed E-state index contributed by atoms with van der Waals surface area (Å²) in [7, 11) is 0. The van der Waals surface area contributed by atoms with Crippen molar-refractivity contribution in [2.45, 2.75) is 26.1 Å². The van der Waals surface area contributed by atoms with Gasteiger partial charge in [-0.3, -0.25) is 4.79 Å². The van der Waals surface area contributed by atoms with E-state index in [9.17, 15) is 4.79 Å². The summed E-state index contributed by atoms with van der Waals surface area (Å²) in [4.78, 5) is 14.0. The minimum absolute atomic E-state index is 0.0870. The number of aromatic nitrogens is 2. The molecular formula is C11H18N4O3S. The number of anilines is 1. The topological polar surface area (TPSA) is 87.6 Å². The number of carbonyl (C=O) groups excluding carboxylic acids is 1. The molecule has 1 amide bonds. The fraction of sp³-hybridized carbons (Fsp3) is 0.727. The molecule has 2 heterocycles. The maximum Gasteiger partial charge on any atom is 0.285 e. The molecule has 2 unspecified atom stereocenters. The lowest BCUT2D eigenvalue weighted by Gasteiger charge is -2.35. The summed E-state index contributed by atoms with van der Waals surface area (Å²) in [6, 6.07) is 0. The number of hydrogen-bond acceptors (Lipinski definition) is 7. The van der Waals surface area contributed by atoms with E-state index in [4.69, 9.17) is 9.84 Å². The molecule has 1 aliphatic heterocycles. The zero-order valence-corrected chi connectivity index (χ0v) is 11.8. The Hall–Kier alpha value is -1.25. The second kappa shape index (κ2) is 6.27. The third-order valence-corrected chi connectivity index (χ3v) is 3.62. The van der Waals surface area contributed by atoms with Gasteiger partial charge in [-0.05, 0) is 13.8 Å². The third-order valence-electron chi connectivity index (χ3n) is 2.75. The monoisotopic (exact) mass is 286 g/mol. The summed E-state index contributed by atoms with van der Waals surface area (Å²) in [5, 5.41) is 21.0. The SMILES string of the molecule is CCNc1nnc(C(=O)N2CC(C)OC(CO)C2)s1. The first-order valence-corrected chi connectivity index (χ1v) is 7.08. The van der Waals surface area contributed by atoms with Gasteiger partial charge in [0.05, 0.1) is 18.8 Å². The van der Waals surface area contributed by atoms with Gasteiger partial charge in [0.2, 0.25) is 10.1 Å². The number of ether oxygens (including phenoxy) is 1. The van der Waals surface area contributed by atoms with Gasteiger partial charge < -0.3 is 20.1 Å². The van der Waals surface area contributed by atoms with Gasteiger partial charge in [0, 0.05) is 19.6 Å². The molecule has 0 saturated carbocycles. The molecule has 106 valence electrons. The predicted octanol–water partition coefficient (Wildman–Crippen LogP) is 0.192. The molecule has 7 nitrogen and oxygen atoms in total. The quantitative estimate of drug-likeness (QED) is 0.821. The second-order valence-electron chi connectivity index (χ2n) is 4.40. The molecule has 19 heavy (non-hydrogen) atoms. The molecule has 0 bridgehead atoms. The zero-order chi connectivity index (χ0) is 13.8. The van der Waals surface area contributed by atoms with Gasteiger partial charge >= 0.3 is 0 Å². The molecule has 2 N–H and O–H groups in total. The van der Waals surface area contributed by atoms with E-state index in [0.29, 0.717) is 23.2 Å². The zero-order valence-electron chi connectivity index (χ0n) is 11.0. The first-order chi connectivity index (χ1) is 9.13. The third kappa shape index (κ3) is 3.40. The van der Waals surface area contributed by atoms with Gasteiger partial charge in [0.25, 0.3) is 5.91 Å². The summed E-state index contributed by atoms with van der Waals surface area (Å²) in [6.07, 6.45) is -0.412. The van der Waals surface area contributed by atoms with E-state index in [1.54, 1.807) is 4.90 Å². The fourth-order valence-corrected chi connectivity index (χ4v) is 2.76. The van der Waals surface area contributed by atoms with Crippen LogP contribution in [0.4, 0.5) is 5.13 Å². The number of morpholine rings is 1.